The molecule has 1 N–H and O–H groups in total. The van der Waals surface area contributed by atoms with Crippen molar-refractivity contribution in [3.05, 3.63) is 29.8 Å². The number of ether oxygens (including phenoxy) is 1. The van der Waals surface area contributed by atoms with Crippen molar-refractivity contribution in [3.8, 4) is 5.75 Å². The molecule has 150 valence electrons. The van der Waals surface area contributed by atoms with Crippen molar-refractivity contribution in [2.24, 2.45) is 0 Å². The summed E-state index contributed by atoms with van der Waals surface area (Å²) in [5.41, 5.74) is 0.886. The topological polar surface area (TPSA) is 46.5 Å². The lowest BCUT2D eigenvalue weighted by atomic mass is 9.99. The van der Waals surface area contributed by atoms with Gasteiger partial charge in [-0.3, -0.25) is 0 Å². The van der Waals surface area contributed by atoms with Gasteiger partial charge in [0.1, 0.15) is 5.75 Å². The summed E-state index contributed by atoms with van der Waals surface area (Å²) in [6, 6.07) is 7.09. The molecule has 0 amide bonds. The van der Waals surface area contributed by atoms with E-state index >= 15 is 0 Å². The van der Waals surface area contributed by atoms with Crippen molar-refractivity contribution < 1.29 is 31.5 Å². The number of unbranched alkanes of at least 4 members (excludes halogenated alkanes) is 3. The molecular formula is C21H36ClNO3. The highest BCUT2D eigenvalue weighted by Gasteiger charge is 2.42. The number of hydrogen-bond donors (Lipinski definition) is 1. The number of carboxylic acids is 1. The molecule has 0 bridgehead atoms. The van der Waals surface area contributed by atoms with Crippen molar-refractivity contribution >= 4 is 5.97 Å². The summed E-state index contributed by atoms with van der Waals surface area (Å²) in [6.45, 7) is 9.32. The monoisotopic (exact) mass is 385 g/mol. The Hall–Kier alpha value is -1.26. The van der Waals surface area contributed by atoms with E-state index in [0.29, 0.717) is 4.48 Å². The third-order valence-corrected chi connectivity index (χ3v) is 5.08. The lowest BCUT2D eigenvalue weighted by Gasteiger charge is -2.43. The number of methoxy groups -OCH3 is 1. The minimum absolute atomic E-state index is 0. The second kappa shape index (κ2) is 13.0. The van der Waals surface area contributed by atoms with Gasteiger partial charge in [-0.1, -0.05) is 40.0 Å². The van der Waals surface area contributed by atoms with Crippen LogP contribution in [0.5, 0.6) is 5.75 Å². The summed E-state index contributed by atoms with van der Waals surface area (Å²) in [5.74, 6) is 0.0511. The van der Waals surface area contributed by atoms with E-state index in [1.807, 2.05) is 24.3 Å². The quantitative estimate of drug-likeness (QED) is 0.528. The smallest absolute Gasteiger partial charge is 0.367 e. The van der Waals surface area contributed by atoms with Gasteiger partial charge in [0.15, 0.2) is 0 Å². The molecule has 0 radical (unpaired) electrons. The average molecular weight is 386 g/mol. The van der Waals surface area contributed by atoms with E-state index in [1.165, 1.54) is 0 Å². The molecule has 26 heavy (non-hydrogen) atoms. The predicted molar refractivity (Wildman–Crippen MR) is 103 cm³/mol. The first-order valence-electron chi connectivity index (χ1n) is 9.77. The van der Waals surface area contributed by atoms with E-state index in [9.17, 15) is 9.90 Å². The highest BCUT2D eigenvalue weighted by molar-refractivity contribution is 5.74. The van der Waals surface area contributed by atoms with Crippen LogP contribution in [0.1, 0.15) is 70.9 Å². The normalized spacial score (nSPS) is 12.3. The molecule has 0 saturated heterocycles. The summed E-state index contributed by atoms with van der Waals surface area (Å²) >= 11 is 0. The minimum Gasteiger partial charge on any atom is -1.00 e. The molecule has 0 aliphatic carbocycles. The maximum atomic E-state index is 12.3. The lowest BCUT2D eigenvalue weighted by Crippen LogP contribution is -3.00. The molecule has 0 aromatic heterocycles. The Kier molecular flexibility index (Phi) is 12.4. The third kappa shape index (κ3) is 6.81. The van der Waals surface area contributed by atoms with E-state index in [2.05, 4.69) is 20.8 Å². The number of benzene rings is 1. The Bertz CT molecular complexity index is 483. The molecule has 0 saturated carbocycles. The zero-order chi connectivity index (χ0) is 18.7. The van der Waals surface area contributed by atoms with Crippen LogP contribution in [0.3, 0.4) is 0 Å². The maximum Gasteiger partial charge on any atom is 0.367 e. The van der Waals surface area contributed by atoms with E-state index in [-0.39, 0.29) is 12.4 Å². The number of rotatable bonds is 13. The molecule has 1 aromatic rings. The fourth-order valence-corrected chi connectivity index (χ4v) is 3.62. The molecule has 0 spiro atoms. The largest absolute Gasteiger partial charge is 1.00 e. The van der Waals surface area contributed by atoms with Gasteiger partial charge in [0.25, 0.3) is 0 Å². The summed E-state index contributed by atoms with van der Waals surface area (Å²) in [5, 5.41) is 10.1. The summed E-state index contributed by atoms with van der Waals surface area (Å²) in [4.78, 5) is 12.3. The number of carbonyl (C=O) groups is 1. The Morgan fingerprint density at radius 1 is 0.962 bits per heavy atom. The van der Waals surface area contributed by atoms with Gasteiger partial charge in [-0.25, -0.2) is 4.79 Å². The van der Waals surface area contributed by atoms with Crippen molar-refractivity contribution in [3.63, 3.8) is 0 Å². The van der Waals surface area contributed by atoms with Gasteiger partial charge in [0.05, 0.1) is 26.7 Å². The van der Waals surface area contributed by atoms with Gasteiger partial charge < -0.3 is 26.7 Å². The highest BCUT2D eigenvalue weighted by Crippen LogP contribution is 2.33. The minimum atomic E-state index is -0.714. The average Bonchev–Trinajstić information content (AvgIpc) is 2.63. The van der Waals surface area contributed by atoms with Crippen LogP contribution < -0.4 is 17.1 Å². The molecule has 0 aliphatic heterocycles. The number of nitrogens with zero attached hydrogens (tertiary/aromatic N) is 1. The predicted octanol–water partition coefficient (Wildman–Crippen LogP) is 2.04. The van der Waals surface area contributed by atoms with E-state index < -0.39 is 12.0 Å². The number of carboxylic acid groups (broad SMARTS) is 1. The molecule has 1 atom stereocenters. The van der Waals surface area contributed by atoms with Crippen molar-refractivity contribution in [2.45, 2.75) is 65.3 Å². The number of aliphatic carboxylic acids is 1. The number of halogens is 1. The Labute approximate surface area is 165 Å². The molecule has 0 heterocycles. The van der Waals surface area contributed by atoms with E-state index in [1.54, 1.807) is 7.11 Å². The Morgan fingerprint density at radius 3 is 1.69 bits per heavy atom. The zero-order valence-corrected chi connectivity index (χ0v) is 17.6. The van der Waals surface area contributed by atoms with Crippen LogP contribution in [-0.4, -0.2) is 42.3 Å². The van der Waals surface area contributed by atoms with Gasteiger partial charge in [0, 0.05) is 5.56 Å². The molecule has 4 nitrogen and oxygen atoms in total. The molecule has 0 aliphatic rings. The van der Waals surface area contributed by atoms with Crippen molar-refractivity contribution in [2.75, 3.05) is 26.7 Å². The van der Waals surface area contributed by atoms with Gasteiger partial charge in [-0.05, 0) is 43.5 Å². The standard InChI is InChI=1S/C21H35NO3.ClH/c1-5-8-15-22(16-9-6-2,17-10-7-3)20(21(23)24)18-11-13-19(25-4)14-12-18;/h11-14,20H,5-10,15-17H2,1-4H3;1H. The molecule has 0 fully saturated rings. The SMILES string of the molecule is CCCC[N+](CCCC)(CCCC)C(C(=O)O)c1ccc(OC)cc1.[Cl-]. The third-order valence-electron chi connectivity index (χ3n) is 5.08. The zero-order valence-electron chi connectivity index (χ0n) is 16.8. The number of hydrogen-bond acceptors (Lipinski definition) is 2. The number of quaternary nitrogens is 1. The summed E-state index contributed by atoms with van der Waals surface area (Å²) < 4.78 is 5.90. The fraction of sp³-hybridized carbons (Fsp3) is 0.667. The lowest BCUT2D eigenvalue weighted by molar-refractivity contribution is -0.949. The van der Waals surface area contributed by atoms with Gasteiger partial charge in [0.2, 0.25) is 6.04 Å². The van der Waals surface area contributed by atoms with Crippen LogP contribution in [-0.2, 0) is 4.79 Å². The van der Waals surface area contributed by atoms with Crippen molar-refractivity contribution in [1.29, 1.82) is 0 Å². The second-order valence-electron chi connectivity index (χ2n) is 6.96. The van der Waals surface area contributed by atoms with Crippen LogP contribution in [0.15, 0.2) is 24.3 Å². The van der Waals surface area contributed by atoms with Crippen LogP contribution in [0.2, 0.25) is 0 Å². The summed E-state index contributed by atoms with van der Waals surface area (Å²) in [7, 11) is 1.63. The Balaban J connectivity index is 0.00000625. The van der Waals surface area contributed by atoms with E-state index in [0.717, 1.165) is 69.5 Å². The van der Waals surface area contributed by atoms with Crippen LogP contribution in [0.4, 0.5) is 0 Å². The van der Waals surface area contributed by atoms with Crippen LogP contribution in [0, 0.1) is 0 Å². The molecule has 1 unspecified atom stereocenters. The van der Waals surface area contributed by atoms with Crippen LogP contribution >= 0.6 is 0 Å². The first kappa shape index (κ1) is 24.7. The molecule has 5 heteroatoms. The van der Waals surface area contributed by atoms with Gasteiger partial charge in [-0.15, -0.1) is 0 Å². The van der Waals surface area contributed by atoms with E-state index in [4.69, 9.17) is 4.74 Å². The molecule has 1 aromatic carbocycles. The first-order chi connectivity index (χ1) is 12.0. The maximum absolute atomic E-state index is 12.3. The van der Waals surface area contributed by atoms with Crippen LogP contribution in [0.25, 0.3) is 0 Å². The van der Waals surface area contributed by atoms with Crippen molar-refractivity contribution in [1.82, 2.24) is 0 Å². The van der Waals surface area contributed by atoms with Gasteiger partial charge >= 0.3 is 5.97 Å². The molecule has 1 rings (SSSR count). The summed E-state index contributed by atoms with van der Waals surface area (Å²) in [6.07, 6.45) is 6.46. The highest BCUT2D eigenvalue weighted by atomic mass is 35.5. The van der Waals surface area contributed by atoms with Gasteiger partial charge in [-0.2, -0.15) is 0 Å². The first-order valence-corrected chi connectivity index (χ1v) is 9.77. The molecular weight excluding hydrogens is 350 g/mol. The second-order valence-corrected chi connectivity index (χ2v) is 6.96. The Morgan fingerprint density at radius 2 is 1.38 bits per heavy atom. The fourth-order valence-electron chi connectivity index (χ4n) is 3.62.